The SMILES string of the molecule is NC1CCSCc2c(Br)cccc21. The highest BCUT2D eigenvalue weighted by Gasteiger charge is 2.16. The molecule has 3 heteroatoms. The summed E-state index contributed by atoms with van der Waals surface area (Å²) >= 11 is 5.54. The predicted octanol–water partition coefficient (Wildman–Crippen LogP) is 3.09. The van der Waals surface area contributed by atoms with Gasteiger partial charge in [-0.1, -0.05) is 28.1 Å². The Labute approximate surface area is 91.2 Å². The topological polar surface area (TPSA) is 26.0 Å². The fourth-order valence-electron chi connectivity index (χ4n) is 1.62. The summed E-state index contributed by atoms with van der Waals surface area (Å²) < 4.78 is 1.20. The molecule has 1 nitrogen and oxygen atoms in total. The molecule has 0 saturated carbocycles. The maximum atomic E-state index is 6.08. The van der Waals surface area contributed by atoms with Crippen LogP contribution in [0.4, 0.5) is 0 Å². The molecule has 2 rings (SSSR count). The molecule has 1 atom stereocenters. The van der Waals surface area contributed by atoms with E-state index in [4.69, 9.17) is 5.73 Å². The van der Waals surface area contributed by atoms with Crippen molar-refractivity contribution in [1.82, 2.24) is 0 Å². The standard InChI is InChI=1S/C10H12BrNS/c11-9-3-1-2-7-8(9)6-13-5-4-10(7)12/h1-3,10H,4-6,12H2. The number of benzene rings is 1. The van der Waals surface area contributed by atoms with Gasteiger partial charge in [-0.05, 0) is 29.4 Å². The smallest absolute Gasteiger partial charge is 0.0306 e. The Morgan fingerprint density at radius 3 is 3.15 bits per heavy atom. The van der Waals surface area contributed by atoms with Gasteiger partial charge in [0.25, 0.3) is 0 Å². The van der Waals surface area contributed by atoms with E-state index in [2.05, 4.69) is 34.1 Å². The van der Waals surface area contributed by atoms with Gasteiger partial charge >= 0.3 is 0 Å². The van der Waals surface area contributed by atoms with Crippen LogP contribution in [0.3, 0.4) is 0 Å². The van der Waals surface area contributed by atoms with Gasteiger partial charge in [0.05, 0.1) is 0 Å². The van der Waals surface area contributed by atoms with Crippen molar-refractivity contribution >= 4 is 27.7 Å². The van der Waals surface area contributed by atoms with Crippen LogP contribution in [0.1, 0.15) is 23.6 Å². The molecule has 0 fully saturated rings. The van der Waals surface area contributed by atoms with Crippen molar-refractivity contribution in [1.29, 1.82) is 0 Å². The molecule has 2 N–H and O–H groups in total. The van der Waals surface area contributed by atoms with Crippen molar-refractivity contribution in [2.75, 3.05) is 5.75 Å². The first-order valence-electron chi connectivity index (χ1n) is 4.39. The highest BCUT2D eigenvalue weighted by atomic mass is 79.9. The second-order valence-electron chi connectivity index (χ2n) is 3.26. The Morgan fingerprint density at radius 1 is 1.46 bits per heavy atom. The zero-order chi connectivity index (χ0) is 9.26. The molecular formula is C10H12BrNS. The van der Waals surface area contributed by atoms with Crippen LogP contribution < -0.4 is 5.73 Å². The van der Waals surface area contributed by atoms with Gasteiger partial charge < -0.3 is 5.73 Å². The molecule has 0 aliphatic carbocycles. The summed E-state index contributed by atoms with van der Waals surface area (Å²) in [6.07, 6.45) is 1.09. The van der Waals surface area contributed by atoms with Crippen molar-refractivity contribution in [3.05, 3.63) is 33.8 Å². The molecule has 1 aromatic rings. The lowest BCUT2D eigenvalue weighted by Crippen LogP contribution is -2.11. The minimum absolute atomic E-state index is 0.225. The second kappa shape index (κ2) is 4.03. The van der Waals surface area contributed by atoms with E-state index in [9.17, 15) is 0 Å². The molecule has 0 bridgehead atoms. The van der Waals surface area contributed by atoms with E-state index in [1.165, 1.54) is 21.4 Å². The van der Waals surface area contributed by atoms with Crippen molar-refractivity contribution in [3.63, 3.8) is 0 Å². The number of thioether (sulfide) groups is 1. The number of nitrogens with two attached hydrogens (primary N) is 1. The molecule has 0 spiro atoms. The first-order valence-corrected chi connectivity index (χ1v) is 6.34. The normalized spacial score (nSPS) is 22.2. The van der Waals surface area contributed by atoms with Gasteiger partial charge in [-0.25, -0.2) is 0 Å². The summed E-state index contributed by atoms with van der Waals surface area (Å²) in [5.41, 5.74) is 8.79. The van der Waals surface area contributed by atoms with Crippen LogP contribution in [0, 0.1) is 0 Å². The van der Waals surface area contributed by atoms with Crippen molar-refractivity contribution < 1.29 is 0 Å². The van der Waals surface area contributed by atoms with Gasteiger partial charge in [-0.15, -0.1) is 0 Å². The molecule has 0 amide bonds. The van der Waals surface area contributed by atoms with Crippen LogP contribution in [0.2, 0.25) is 0 Å². The van der Waals surface area contributed by atoms with E-state index in [-0.39, 0.29) is 6.04 Å². The Hall–Kier alpha value is 0.0100. The van der Waals surface area contributed by atoms with Crippen LogP contribution in [-0.4, -0.2) is 5.75 Å². The van der Waals surface area contributed by atoms with Crippen LogP contribution in [0.5, 0.6) is 0 Å². The van der Waals surface area contributed by atoms with E-state index < -0.39 is 0 Å². The highest BCUT2D eigenvalue weighted by molar-refractivity contribution is 9.10. The van der Waals surface area contributed by atoms with Crippen molar-refractivity contribution in [3.8, 4) is 0 Å². The largest absolute Gasteiger partial charge is 0.324 e. The molecule has 1 heterocycles. The van der Waals surface area contributed by atoms with Crippen LogP contribution in [0.15, 0.2) is 22.7 Å². The highest BCUT2D eigenvalue weighted by Crippen LogP contribution is 2.33. The Kier molecular flexibility index (Phi) is 2.96. The average molecular weight is 258 g/mol. The molecule has 0 saturated heterocycles. The summed E-state index contributed by atoms with van der Waals surface area (Å²) in [7, 11) is 0. The fraction of sp³-hybridized carbons (Fsp3) is 0.400. The lowest BCUT2D eigenvalue weighted by Gasteiger charge is -2.12. The van der Waals surface area contributed by atoms with Crippen LogP contribution >= 0.6 is 27.7 Å². The maximum Gasteiger partial charge on any atom is 0.0306 e. The molecule has 1 aromatic carbocycles. The third kappa shape index (κ3) is 1.92. The third-order valence-corrected chi connectivity index (χ3v) is 4.13. The molecule has 0 radical (unpaired) electrons. The lowest BCUT2D eigenvalue weighted by atomic mass is 10.0. The molecule has 1 aliphatic rings. The summed E-state index contributed by atoms with van der Waals surface area (Å²) in [5.74, 6) is 2.26. The van der Waals surface area contributed by atoms with Gasteiger partial charge in [-0.2, -0.15) is 11.8 Å². The summed E-state index contributed by atoms with van der Waals surface area (Å²) in [6, 6.07) is 6.54. The van der Waals surface area contributed by atoms with E-state index in [0.717, 1.165) is 12.2 Å². The molecular weight excluding hydrogens is 246 g/mol. The Morgan fingerprint density at radius 2 is 2.31 bits per heavy atom. The van der Waals surface area contributed by atoms with E-state index in [0.29, 0.717) is 0 Å². The maximum absolute atomic E-state index is 6.08. The zero-order valence-electron chi connectivity index (χ0n) is 7.29. The van der Waals surface area contributed by atoms with Gasteiger partial charge in [-0.3, -0.25) is 0 Å². The zero-order valence-corrected chi connectivity index (χ0v) is 9.70. The van der Waals surface area contributed by atoms with Gasteiger partial charge in [0.1, 0.15) is 0 Å². The van der Waals surface area contributed by atoms with Crippen LogP contribution in [-0.2, 0) is 5.75 Å². The second-order valence-corrected chi connectivity index (χ2v) is 5.21. The van der Waals surface area contributed by atoms with Crippen LogP contribution in [0.25, 0.3) is 0 Å². The minimum Gasteiger partial charge on any atom is -0.324 e. The van der Waals surface area contributed by atoms with Gasteiger partial charge in [0.2, 0.25) is 0 Å². The van der Waals surface area contributed by atoms with Gasteiger partial charge in [0, 0.05) is 16.3 Å². The molecule has 13 heavy (non-hydrogen) atoms. The predicted molar refractivity (Wildman–Crippen MR) is 61.8 cm³/mol. The Bertz CT molecular complexity index is 314. The Balaban J connectivity index is 2.47. The number of halogens is 1. The quantitative estimate of drug-likeness (QED) is 0.773. The van der Waals surface area contributed by atoms with Crippen molar-refractivity contribution in [2.24, 2.45) is 5.73 Å². The van der Waals surface area contributed by atoms with Crippen molar-refractivity contribution in [2.45, 2.75) is 18.2 Å². The average Bonchev–Trinajstić information content (AvgIpc) is 2.30. The first kappa shape index (κ1) is 9.56. The summed E-state index contributed by atoms with van der Waals surface area (Å²) in [5, 5.41) is 0. The molecule has 1 unspecified atom stereocenters. The van der Waals surface area contributed by atoms with E-state index in [1.54, 1.807) is 0 Å². The van der Waals surface area contributed by atoms with E-state index in [1.807, 2.05) is 11.8 Å². The fourth-order valence-corrected chi connectivity index (χ4v) is 3.41. The number of hydrogen-bond acceptors (Lipinski definition) is 2. The molecule has 0 aromatic heterocycles. The minimum atomic E-state index is 0.225. The number of hydrogen-bond donors (Lipinski definition) is 1. The monoisotopic (exact) mass is 257 g/mol. The molecule has 1 aliphatic heterocycles. The number of rotatable bonds is 0. The summed E-state index contributed by atoms with van der Waals surface area (Å²) in [4.78, 5) is 0. The van der Waals surface area contributed by atoms with Gasteiger partial charge in [0.15, 0.2) is 0 Å². The lowest BCUT2D eigenvalue weighted by molar-refractivity contribution is 0.705. The summed E-state index contributed by atoms with van der Waals surface area (Å²) in [6.45, 7) is 0. The first-order chi connectivity index (χ1) is 6.29. The number of fused-ring (bicyclic) bond motifs is 1. The van der Waals surface area contributed by atoms with E-state index >= 15 is 0 Å². The third-order valence-electron chi connectivity index (χ3n) is 2.37. The molecule has 70 valence electrons.